The quantitative estimate of drug-likeness (QED) is 0.614. The summed E-state index contributed by atoms with van der Waals surface area (Å²) in [4.78, 5) is 16.5. The van der Waals surface area contributed by atoms with Crippen LogP contribution in [0.2, 0.25) is 0 Å². The van der Waals surface area contributed by atoms with Gasteiger partial charge in [-0.15, -0.1) is 0 Å². The molecule has 8 nitrogen and oxygen atoms in total. The topological polar surface area (TPSA) is 106 Å². The minimum Gasteiger partial charge on any atom is -0.305 e. The lowest BCUT2D eigenvalue weighted by atomic mass is 10.2. The second kappa shape index (κ2) is 8.50. The Morgan fingerprint density at radius 3 is 2.69 bits per heavy atom. The zero-order chi connectivity index (χ0) is 21.0. The molecule has 2 heterocycles. The molecule has 3 rings (SSSR count). The number of sulfonamides is 1. The summed E-state index contributed by atoms with van der Waals surface area (Å²) in [5.74, 6) is -1.43. The fraction of sp³-hybridized carbons (Fsp3) is 0.211. The molecule has 0 radical (unpaired) electrons. The molecule has 0 saturated carbocycles. The van der Waals surface area contributed by atoms with Crippen LogP contribution in [-0.4, -0.2) is 35.1 Å². The van der Waals surface area contributed by atoms with Crippen molar-refractivity contribution in [3.8, 4) is 0 Å². The fourth-order valence-electron chi connectivity index (χ4n) is 2.58. The van der Waals surface area contributed by atoms with Crippen molar-refractivity contribution in [3.63, 3.8) is 0 Å². The highest BCUT2D eigenvalue weighted by Crippen LogP contribution is 2.17. The van der Waals surface area contributed by atoms with Gasteiger partial charge in [-0.25, -0.2) is 17.5 Å². The van der Waals surface area contributed by atoms with Gasteiger partial charge in [0.05, 0.1) is 22.7 Å². The Kier molecular flexibility index (Phi) is 6.04. The summed E-state index contributed by atoms with van der Waals surface area (Å²) >= 11 is 0. The lowest BCUT2D eigenvalue weighted by Crippen LogP contribution is -2.30. The van der Waals surface area contributed by atoms with E-state index in [1.165, 1.54) is 0 Å². The molecule has 0 aliphatic rings. The number of carbonyl (C=O) groups is 1. The highest BCUT2D eigenvalue weighted by molar-refractivity contribution is 7.89. The third-order valence-corrected chi connectivity index (χ3v) is 5.47. The second-order valence-electron chi connectivity index (χ2n) is 6.59. The highest BCUT2D eigenvalue weighted by Gasteiger charge is 2.20. The summed E-state index contributed by atoms with van der Waals surface area (Å²) in [6.07, 6.45) is 3.31. The Morgan fingerprint density at radius 2 is 2.00 bits per heavy atom. The standard InChI is InChI=1S/C19H20FN5O3S/c1-13(2)24-29(27,28)15-6-7-17(20)16(11-15)19(26)22-18-8-10-25(23-18)12-14-5-3-4-9-21-14/h3-11,13,24H,12H2,1-2H3,(H,22,23,26). The first kappa shape index (κ1) is 20.6. The summed E-state index contributed by atoms with van der Waals surface area (Å²) in [7, 11) is -3.86. The zero-order valence-electron chi connectivity index (χ0n) is 15.8. The number of anilines is 1. The average Bonchev–Trinajstić information content (AvgIpc) is 3.08. The third kappa shape index (κ3) is 5.24. The number of amides is 1. The largest absolute Gasteiger partial charge is 0.305 e. The van der Waals surface area contributed by atoms with E-state index in [1.807, 2.05) is 12.1 Å². The van der Waals surface area contributed by atoms with E-state index in [0.29, 0.717) is 6.54 Å². The van der Waals surface area contributed by atoms with Gasteiger partial charge >= 0.3 is 0 Å². The van der Waals surface area contributed by atoms with E-state index in [2.05, 4.69) is 20.1 Å². The number of carbonyl (C=O) groups excluding carboxylic acids is 1. The summed E-state index contributed by atoms with van der Waals surface area (Å²) in [5.41, 5.74) is 0.394. The summed E-state index contributed by atoms with van der Waals surface area (Å²) < 4.78 is 42.7. The first-order valence-corrected chi connectivity index (χ1v) is 10.3. The molecule has 1 aromatic carbocycles. The molecule has 0 bridgehead atoms. The number of benzene rings is 1. The summed E-state index contributed by atoms with van der Waals surface area (Å²) in [6.45, 7) is 3.73. The molecule has 0 aliphatic carbocycles. The second-order valence-corrected chi connectivity index (χ2v) is 8.31. The van der Waals surface area contributed by atoms with Crippen molar-refractivity contribution in [3.05, 3.63) is 71.9 Å². The van der Waals surface area contributed by atoms with Crippen LogP contribution in [0.3, 0.4) is 0 Å². The van der Waals surface area contributed by atoms with Crippen molar-refractivity contribution < 1.29 is 17.6 Å². The van der Waals surface area contributed by atoms with Crippen molar-refractivity contribution in [1.82, 2.24) is 19.5 Å². The fourth-order valence-corrected chi connectivity index (χ4v) is 3.86. The van der Waals surface area contributed by atoms with E-state index in [4.69, 9.17) is 0 Å². The molecule has 0 aliphatic heterocycles. The summed E-state index contributed by atoms with van der Waals surface area (Å²) in [6, 6.07) is 9.77. The van der Waals surface area contributed by atoms with Gasteiger partial charge in [-0.1, -0.05) is 6.07 Å². The molecule has 3 aromatic rings. The van der Waals surface area contributed by atoms with Crippen molar-refractivity contribution in [2.45, 2.75) is 31.3 Å². The van der Waals surface area contributed by atoms with Crippen LogP contribution in [0.25, 0.3) is 0 Å². The smallest absolute Gasteiger partial charge is 0.259 e. The van der Waals surface area contributed by atoms with Gasteiger partial charge in [0, 0.05) is 24.5 Å². The van der Waals surface area contributed by atoms with E-state index in [0.717, 1.165) is 23.9 Å². The van der Waals surface area contributed by atoms with Crippen LogP contribution in [0.5, 0.6) is 0 Å². The number of hydrogen-bond donors (Lipinski definition) is 2. The SMILES string of the molecule is CC(C)NS(=O)(=O)c1ccc(F)c(C(=O)Nc2ccn(Cc3ccccn3)n2)c1. The van der Waals surface area contributed by atoms with Crippen LogP contribution >= 0.6 is 0 Å². The maximum absolute atomic E-state index is 14.2. The van der Waals surface area contributed by atoms with E-state index in [-0.39, 0.29) is 16.8 Å². The monoisotopic (exact) mass is 417 g/mol. The molecule has 0 unspecified atom stereocenters. The molecule has 0 atom stereocenters. The minimum absolute atomic E-state index is 0.196. The van der Waals surface area contributed by atoms with Crippen molar-refractivity contribution in [2.75, 3.05) is 5.32 Å². The predicted octanol–water partition coefficient (Wildman–Crippen LogP) is 2.40. The molecule has 0 saturated heterocycles. The Hall–Kier alpha value is -3.11. The normalized spacial score (nSPS) is 11.6. The predicted molar refractivity (Wildman–Crippen MR) is 105 cm³/mol. The molecule has 2 aromatic heterocycles. The van der Waals surface area contributed by atoms with Crippen molar-refractivity contribution >= 4 is 21.7 Å². The van der Waals surface area contributed by atoms with Crippen LogP contribution < -0.4 is 10.0 Å². The van der Waals surface area contributed by atoms with Gasteiger partial charge in [0.1, 0.15) is 5.82 Å². The number of nitrogens with zero attached hydrogens (tertiary/aromatic N) is 3. The molecule has 10 heteroatoms. The number of hydrogen-bond acceptors (Lipinski definition) is 5. The number of aromatic nitrogens is 3. The van der Waals surface area contributed by atoms with E-state index in [1.54, 1.807) is 43.1 Å². The maximum atomic E-state index is 14.2. The maximum Gasteiger partial charge on any atom is 0.259 e. The van der Waals surface area contributed by atoms with Gasteiger partial charge in [0.15, 0.2) is 5.82 Å². The van der Waals surface area contributed by atoms with E-state index >= 15 is 0 Å². The van der Waals surface area contributed by atoms with Gasteiger partial charge < -0.3 is 5.32 Å². The molecule has 29 heavy (non-hydrogen) atoms. The highest BCUT2D eigenvalue weighted by atomic mass is 32.2. The molecule has 0 fully saturated rings. The van der Waals surface area contributed by atoms with Crippen LogP contribution in [0.15, 0.2) is 59.8 Å². The van der Waals surface area contributed by atoms with Crippen LogP contribution in [0, 0.1) is 5.82 Å². The van der Waals surface area contributed by atoms with Crippen molar-refractivity contribution in [1.29, 1.82) is 0 Å². The molecule has 152 valence electrons. The molecular weight excluding hydrogens is 397 g/mol. The number of nitrogens with one attached hydrogen (secondary N) is 2. The van der Waals surface area contributed by atoms with Gasteiger partial charge in [-0.05, 0) is 44.2 Å². The van der Waals surface area contributed by atoms with Crippen molar-refractivity contribution in [2.24, 2.45) is 0 Å². The van der Waals surface area contributed by atoms with Gasteiger partial charge in [0.25, 0.3) is 5.91 Å². The van der Waals surface area contributed by atoms with Crippen LogP contribution in [0.4, 0.5) is 10.2 Å². The lowest BCUT2D eigenvalue weighted by molar-refractivity contribution is 0.102. The molecule has 1 amide bonds. The molecular formula is C19H20FN5O3S. The zero-order valence-corrected chi connectivity index (χ0v) is 16.6. The average molecular weight is 417 g/mol. The first-order chi connectivity index (χ1) is 13.7. The lowest BCUT2D eigenvalue weighted by Gasteiger charge is -2.11. The Balaban J connectivity index is 1.76. The molecule has 2 N–H and O–H groups in total. The first-order valence-electron chi connectivity index (χ1n) is 8.81. The van der Waals surface area contributed by atoms with Gasteiger partial charge in [-0.3, -0.25) is 14.5 Å². The Bertz CT molecular complexity index is 1110. The minimum atomic E-state index is -3.86. The van der Waals surface area contributed by atoms with E-state index in [9.17, 15) is 17.6 Å². The van der Waals surface area contributed by atoms with Gasteiger partial charge in [-0.2, -0.15) is 5.10 Å². The number of pyridine rings is 1. The number of halogens is 1. The molecule has 0 spiro atoms. The third-order valence-electron chi connectivity index (χ3n) is 3.82. The Morgan fingerprint density at radius 1 is 1.21 bits per heavy atom. The van der Waals surface area contributed by atoms with Gasteiger partial charge in [0.2, 0.25) is 10.0 Å². The Labute approximate surface area is 167 Å². The van der Waals surface area contributed by atoms with E-state index < -0.39 is 27.3 Å². The number of rotatable bonds is 7. The van der Waals surface area contributed by atoms with Crippen LogP contribution in [-0.2, 0) is 16.6 Å². The van der Waals surface area contributed by atoms with Crippen LogP contribution in [0.1, 0.15) is 29.9 Å². The summed E-state index contributed by atoms with van der Waals surface area (Å²) in [5, 5.41) is 6.68.